The van der Waals surface area contributed by atoms with Crippen LogP contribution in [-0.4, -0.2) is 49.3 Å². The van der Waals surface area contributed by atoms with E-state index >= 15 is 0 Å². The number of amides is 1. The van der Waals surface area contributed by atoms with Crippen molar-refractivity contribution < 1.29 is 28.8 Å². The lowest BCUT2D eigenvalue weighted by Crippen LogP contribution is -2.45. The van der Waals surface area contributed by atoms with Crippen LogP contribution in [0.4, 0.5) is 5.69 Å². The molecule has 0 spiro atoms. The molecule has 3 aromatic carbocycles. The number of anilines is 1. The van der Waals surface area contributed by atoms with Gasteiger partial charge in [0.2, 0.25) is 5.91 Å². The molecule has 8 heteroatoms. The summed E-state index contributed by atoms with van der Waals surface area (Å²) in [6.07, 6.45) is 0.00947. The molecule has 2 heterocycles. The van der Waals surface area contributed by atoms with Gasteiger partial charge in [0.05, 0.1) is 33.0 Å². The van der Waals surface area contributed by atoms with Crippen molar-refractivity contribution in [1.29, 1.82) is 0 Å². The van der Waals surface area contributed by atoms with Gasteiger partial charge in [-0.15, -0.1) is 0 Å². The van der Waals surface area contributed by atoms with Crippen LogP contribution in [0.15, 0.2) is 60.7 Å². The van der Waals surface area contributed by atoms with Gasteiger partial charge in [-0.25, -0.2) is 0 Å². The summed E-state index contributed by atoms with van der Waals surface area (Å²) >= 11 is 0. The maximum absolute atomic E-state index is 11.7. The number of ether oxygens (including phenoxy) is 4. The number of rotatable bonds is 8. The van der Waals surface area contributed by atoms with Crippen molar-refractivity contribution in [3.63, 3.8) is 0 Å². The number of methoxy groups -OCH3 is 2. The van der Waals surface area contributed by atoms with Gasteiger partial charge in [-0.3, -0.25) is 9.69 Å². The summed E-state index contributed by atoms with van der Waals surface area (Å²) in [5, 5.41) is 12.4. The summed E-state index contributed by atoms with van der Waals surface area (Å²) in [5.74, 6) is 1.44. The Labute approximate surface area is 235 Å². The van der Waals surface area contributed by atoms with E-state index in [1.54, 1.807) is 14.2 Å². The van der Waals surface area contributed by atoms with E-state index in [1.807, 2.05) is 48.5 Å². The summed E-state index contributed by atoms with van der Waals surface area (Å²) in [7, 11) is 3.33. The van der Waals surface area contributed by atoms with E-state index in [0.717, 1.165) is 54.2 Å². The van der Waals surface area contributed by atoms with Crippen LogP contribution in [0.2, 0.25) is 0 Å². The number of carbonyl (C=O) groups is 1. The number of nitrogens with one attached hydrogen (secondary N) is 1. The zero-order chi connectivity index (χ0) is 28.2. The molecule has 4 atom stereocenters. The van der Waals surface area contributed by atoms with E-state index in [9.17, 15) is 9.90 Å². The van der Waals surface area contributed by atoms with Crippen molar-refractivity contribution in [2.24, 2.45) is 5.92 Å². The molecule has 0 saturated carbocycles. The van der Waals surface area contributed by atoms with Crippen LogP contribution in [0.3, 0.4) is 0 Å². The molecule has 40 heavy (non-hydrogen) atoms. The normalized spacial score (nSPS) is 22.8. The number of fused-ring (bicyclic) bond motifs is 1. The molecule has 5 rings (SSSR count). The summed E-state index contributed by atoms with van der Waals surface area (Å²) in [6, 6.07) is 19.7. The molecule has 1 fully saturated rings. The number of aliphatic hydroxyl groups excluding tert-OH is 1. The highest BCUT2D eigenvalue weighted by atomic mass is 16.7. The lowest BCUT2D eigenvalue weighted by molar-refractivity contribution is -0.276. The van der Waals surface area contributed by atoms with Gasteiger partial charge in [-0.05, 0) is 52.9 Å². The summed E-state index contributed by atoms with van der Waals surface area (Å²) < 4.78 is 24.3. The molecule has 0 unspecified atom stereocenters. The van der Waals surface area contributed by atoms with E-state index in [-0.39, 0.29) is 30.6 Å². The predicted octanol–water partition coefficient (Wildman–Crippen LogP) is 5.00. The lowest BCUT2D eigenvalue weighted by Gasteiger charge is -2.43. The Morgan fingerprint density at radius 2 is 1.73 bits per heavy atom. The molecule has 0 aromatic heterocycles. The standard InChI is InChI=1S/C32H38N2O6/c1-20-30(18-34-13-12-24-15-28(37-3)29(38-4)16-26(24)17-34)39-32(25-6-5-7-27(14-25)33-21(2)36)40-31(20)23-10-8-22(19-35)9-11-23/h5-11,14-16,20,30-32,35H,12-13,17-19H2,1-4H3,(H,33,36)/t20-,30+,31+,32+/m1/s1. The lowest BCUT2D eigenvalue weighted by atomic mass is 9.89. The van der Waals surface area contributed by atoms with E-state index in [1.165, 1.54) is 18.1 Å². The van der Waals surface area contributed by atoms with Gasteiger partial charge in [0.15, 0.2) is 17.8 Å². The smallest absolute Gasteiger partial charge is 0.221 e. The fourth-order valence-electron chi connectivity index (χ4n) is 5.65. The highest BCUT2D eigenvalue weighted by molar-refractivity contribution is 5.88. The minimum Gasteiger partial charge on any atom is -0.493 e. The first-order valence-electron chi connectivity index (χ1n) is 13.7. The number of hydrogen-bond acceptors (Lipinski definition) is 7. The van der Waals surface area contributed by atoms with Crippen molar-refractivity contribution in [2.45, 2.75) is 51.9 Å². The molecule has 2 aliphatic rings. The average Bonchev–Trinajstić information content (AvgIpc) is 2.97. The summed E-state index contributed by atoms with van der Waals surface area (Å²) in [6.45, 7) is 6.11. The van der Waals surface area contributed by atoms with Crippen molar-refractivity contribution >= 4 is 11.6 Å². The quantitative estimate of drug-likeness (QED) is 0.411. The first-order chi connectivity index (χ1) is 19.4. The fraction of sp³-hybridized carbons (Fsp3) is 0.406. The first kappa shape index (κ1) is 28.1. The summed E-state index contributed by atoms with van der Waals surface area (Å²) in [5.41, 5.74) is 5.97. The van der Waals surface area contributed by atoms with Crippen molar-refractivity contribution in [3.05, 3.63) is 88.5 Å². The van der Waals surface area contributed by atoms with Gasteiger partial charge in [0, 0.05) is 43.7 Å². The van der Waals surface area contributed by atoms with Gasteiger partial charge in [-0.2, -0.15) is 0 Å². The molecule has 3 aromatic rings. The molecule has 2 aliphatic heterocycles. The number of hydrogen-bond donors (Lipinski definition) is 2. The molecule has 8 nitrogen and oxygen atoms in total. The van der Waals surface area contributed by atoms with Gasteiger partial charge in [-0.1, -0.05) is 43.3 Å². The third-order valence-electron chi connectivity index (χ3n) is 7.84. The van der Waals surface area contributed by atoms with Crippen LogP contribution < -0.4 is 14.8 Å². The van der Waals surface area contributed by atoms with Gasteiger partial charge in [0.25, 0.3) is 0 Å². The average molecular weight is 547 g/mol. The third kappa shape index (κ3) is 6.15. The second kappa shape index (κ2) is 12.4. The van der Waals surface area contributed by atoms with Crippen LogP contribution >= 0.6 is 0 Å². The highest BCUT2D eigenvalue weighted by Crippen LogP contribution is 2.42. The molecular weight excluding hydrogens is 508 g/mol. The van der Waals surface area contributed by atoms with E-state index < -0.39 is 6.29 Å². The van der Waals surface area contributed by atoms with Crippen LogP contribution in [0.1, 0.15) is 54.1 Å². The number of carbonyl (C=O) groups excluding carboxylic acids is 1. The molecule has 1 saturated heterocycles. The number of benzene rings is 3. The largest absolute Gasteiger partial charge is 0.493 e. The Hall–Kier alpha value is -3.43. The second-order valence-corrected chi connectivity index (χ2v) is 10.6. The minimum absolute atomic E-state index is 0.00124. The van der Waals surface area contributed by atoms with E-state index in [4.69, 9.17) is 18.9 Å². The van der Waals surface area contributed by atoms with Crippen LogP contribution in [0.5, 0.6) is 11.5 Å². The monoisotopic (exact) mass is 546 g/mol. The predicted molar refractivity (Wildman–Crippen MR) is 152 cm³/mol. The number of nitrogens with zero attached hydrogens (tertiary/aromatic N) is 1. The van der Waals surface area contributed by atoms with Crippen LogP contribution in [0, 0.1) is 5.92 Å². The maximum Gasteiger partial charge on any atom is 0.221 e. The first-order valence-corrected chi connectivity index (χ1v) is 13.7. The Balaban J connectivity index is 1.40. The minimum atomic E-state index is -0.598. The van der Waals surface area contributed by atoms with E-state index in [2.05, 4.69) is 29.3 Å². The molecule has 2 N–H and O–H groups in total. The molecule has 0 bridgehead atoms. The third-order valence-corrected chi connectivity index (χ3v) is 7.84. The van der Waals surface area contributed by atoms with E-state index in [0.29, 0.717) is 5.69 Å². The van der Waals surface area contributed by atoms with Crippen molar-refractivity contribution in [3.8, 4) is 11.5 Å². The van der Waals surface area contributed by atoms with Crippen molar-refractivity contribution in [1.82, 2.24) is 4.90 Å². The second-order valence-electron chi connectivity index (χ2n) is 10.6. The molecule has 1 amide bonds. The Morgan fingerprint density at radius 3 is 2.40 bits per heavy atom. The maximum atomic E-state index is 11.7. The SMILES string of the molecule is COc1cc2c(cc1OC)CN(C[C@@H]1O[C@H](c3cccc(NC(C)=O)c3)O[C@H](c3ccc(CO)cc3)[C@@H]1C)CC2. The Bertz CT molecular complexity index is 1330. The fourth-order valence-corrected chi connectivity index (χ4v) is 5.65. The van der Waals surface area contributed by atoms with Gasteiger partial charge >= 0.3 is 0 Å². The molecule has 0 aliphatic carbocycles. The highest BCUT2D eigenvalue weighted by Gasteiger charge is 2.39. The van der Waals surface area contributed by atoms with Gasteiger partial charge < -0.3 is 29.4 Å². The topological polar surface area (TPSA) is 89.5 Å². The molecular formula is C32H38N2O6. The molecule has 0 radical (unpaired) electrons. The number of aliphatic hydroxyl groups is 1. The van der Waals surface area contributed by atoms with Crippen LogP contribution in [-0.2, 0) is 33.8 Å². The Morgan fingerprint density at radius 1 is 1.00 bits per heavy atom. The Kier molecular flexibility index (Phi) is 8.71. The summed E-state index contributed by atoms with van der Waals surface area (Å²) in [4.78, 5) is 14.1. The van der Waals surface area contributed by atoms with Crippen molar-refractivity contribution in [2.75, 3.05) is 32.6 Å². The zero-order valence-corrected chi connectivity index (χ0v) is 23.6. The molecule has 212 valence electrons. The van der Waals surface area contributed by atoms with Gasteiger partial charge in [0.1, 0.15) is 0 Å². The van der Waals surface area contributed by atoms with Crippen LogP contribution in [0.25, 0.3) is 0 Å². The zero-order valence-electron chi connectivity index (χ0n) is 23.6.